The Labute approximate surface area is 155 Å². The molecule has 1 aromatic heterocycles. The van der Waals surface area contributed by atoms with Crippen molar-refractivity contribution in [3.63, 3.8) is 0 Å². The van der Waals surface area contributed by atoms with Crippen molar-refractivity contribution < 1.29 is 9.47 Å². The summed E-state index contributed by atoms with van der Waals surface area (Å²) in [5, 5.41) is 4.35. The molecule has 0 spiro atoms. The summed E-state index contributed by atoms with van der Waals surface area (Å²) in [5.74, 6) is 1.53. The van der Waals surface area contributed by atoms with Crippen LogP contribution in [0.15, 0.2) is 72.9 Å². The first-order chi connectivity index (χ1) is 13.4. The lowest BCUT2D eigenvalue weighted by Gasteiger charge is -2.11. The zero-order valence-corrected chi connectivity index (χ0v) is 14.3. The van der Waals surface area contributed by atoms with E-state index < -0.39 is 0 Å². The lowest BCUT2D eigenvalue weighted by atomic mass is 9.98. The fourth-order valence-corrected chi connectivity index (χ4v) is 3.81. The van der Waals surface area contributed by atoms with Crippen LogP contribution in [0.25, 0.3) is 43.8 Å². The molecule has 1 aliphatic rings. The Morgan fingerprint density at radius 2 is 1.37 bits per heavy atom. The highest BCUT2D eigenvalue weighted by Crippen LogP contribution is 2.41. The topological polar surface area (TPSA) is 44.2 Å². The molecule has 0 N–H and O–H groups in total. The molecule has 4 aromatic carbocycles. The average Bonchev–Trinajstić information content (AvgIpc) is 3.20. The SMILES string of the molecule is c1ccc(-c2cnc3c4ccccc4c4cc5c(cc4c3n2)OCO5)cc1. The fourth-order valence-electron chi connectivity index (χ4n) is 3.81. The van der Waals surface area contributed by atoms with Gasteiger partial charge in [-0.3, -0.25) is 4.98 Å². The maximum atomic E-state index is 5.61. The van der Waals surface area contributed by atoms with Crippen LogP contribution in [0.1, 0.15) is 0 Å². The van der Waals surface area contributed by atoms with Crippen LogP contribution in [-0.4, -0.2) is 16.8 Å². The number of hydrogen-bond donors (Lipinski definition) is 0. The van der Waals surface area contributed by atoms with E-state index in [0.717, 1.165) is 55.3 Å². The third-order valence-corrected chi connectivity index (χ3v) is 5.08. The lowest BCUT2D eigenvalue weighted by molar-refractivity contribution is 0.174. The second-order valence-electron chi connectivity index (χ2n) is 6.62. The van der Waals surface area contributed by atoms with E-state index >= 15 is 0 Å². The largest absolute Gasteiger partial charge is 0.454 e. The molecule has 1 aliphatic heterocycles. The smallest absolute Gasteiger partial charge is 0.231 e. The molecule has 0 bridgehead atoms. The van der Waals surface area contributed by atoms with Gasteiger partial charge in [0.25, 0.3) is 0 Å². The van der Waals surface area contributed by atoms with Gasteiger partial charge in [-0.2, -0.15) is 0 Å². The molecular weight excluding hydrogens is 336 g/mol. The zero-order valence-electron chi connectivity index (χ0n) is 14.3. The van der Waals surface area contributed by atoms with E-state index in [1.54, 1.807) is 0 Å². The molecular formula is C23H14N2O2. The normalized spacial score (nSPS) is 12.9. The number of nitrogens with zero attached hydrogens (tertiary/aromatic N) is 2. The van der Waals surface area contributed by atoms with Gasteiger partial charge in [0.15, 0.2) is 11.5 Å². The summed E-state index contributed by atoms with van der Waals surface area (Å²) in [6, 6.07) is 22.5. The maximum Gasteiger partial charge on any atom is 0.231 e. The van der Waals surface area contributed by atoms with E-state index in [9.17, 15) is 0 Å². The number of benzene rings is 4. The first-order valence-corrected chi connectivity index (χ1v) is 8.85. The molecule has 4 heteroatoms. The predicted molar refractivity (Wildman–Crippen MR) is 106 cm³/mol. The highest BCUT2D eigenvalue weighted by atomic mass is 16.7. The molecule has 2 heterocycles. The lowest BCUT2D eigenvalue weighted by Crippen LogP contribution is -1.92. The van der Waals surface area contributed by atoms with Crippen molar-refractivity contribution in [2.75, 3.05) is 6.79 Å². The highest BCUT2D eigenvalue weighted by Gasteiger charge is 2.19. The Balaban J connectivity index is 1.79. The van der Waals surface area contributed by atoms with E-state index in [1.165, 1.54) is 0 Å². The number of rotatable bonds is 1. The predicted octanol–water partition coefficient (Wildman–Crippen LogP) is 5.33. The van der Waals surface area contributed by atoms with Crippen LogP contribution < -0.4 is 9.47 Å². The molecule has 128 valence electrons. The molecule has 0 aliphatic carbocycles. The summed E-state index contributed by atoms with van der Waals surface area (Å²) in [7, 11) is 0. The summed E-state index contributed by atoms with van der Waals surface area (Å²) in [6.45, 7) is 0.252. The molecule has 0 saturated carbocycles. The van der Waals surface area contributed by atoms with Crippen molar-refractivity contribution in [1.29, 1.82) is 0 Å². The van der Waals surface area contributed by atoms with Crippen LogP contribution in [-0.2, 0) is 0 Å². The number of hydrogen-bond acceptors (Lipinski definition) is 4. The van der Waals surface area contributed by atoms with Crippen LogP contribution in [0, 0.1) is 0 Å². The highest BCUT2D eigenvalue weighted by molar-refractivity contribution is 6.23. The average molecular weight is 350 g/mol. The van der Waals surface area contributed by atoms with Crippen LogP contribution in [0.5, 0.6) is 11.5 Å². The van der Waals surface area contributed by atoms with Crippen LogP contribution in [0.3, 0.4) is 0 Å². The molecule has 4 nitrogen and oxygen atoms in total. The van der Waals surface area contributed by atoms with Crippen molar-refractivity contribution in [3.05, 3.63) is 72.9 Å². The first-order valence-electron chi connectivity index (χ1n) is 8.85. The van der Waals surface area contributed by atoms with Crippen molar-refractivity contribution in [2.45, 2.75) is 0 Å². The van der Waals surface area contributed by atoms with Crippen LogP contribution in [0.4, 0.5) is 0 Å². The summed E-state index contributed by atoms with van der Waals surface area (Å²) < 4.78 is 11.2. The van der Waals surface area contributed by atoms with E-state index in [2.05, 4.69) is 18.2 Å². The molecule has 0 amide bonds. The molecule has 0 saturated heterocycles. The van der Waals surface area contributed by atoms with Gasteiger partial charge in [0.05, 0.1) is 22.9 Å². The summed E-state index contributed by atoms with van der Waals surface area (Å²) in [4.78, 5) is 9.79. The van der Waals surface area contributed by atoms with E-state index in [1.807, 2.05) is 54.7 Å². The van der Waals surface area contributed by atoms with Crippen molar-refractivity contribution in [1.82, 2.24) is 9.97 Å². The monoisotopic (exact) mass is 350 g/mol. The van der Waals surface area contributed by atoms with Gasteiger partial charge < -0.3 is 9.47 Å². The van der Waals surface area contributed by atoms with Gasteiger partial charge in [-0.15, -0.1) is 0 Å². The van der Waals surface area contributed by atoms with E-state index in [4.69, 9.17) is 19.4 Å². The second kappa shape index (κ2) is 5.42. The molecule has 0 radical (unpaired) electrons. The minimum absolute atomic E-state index is 0.252. The Hall–Kier alpha value is -3.66. The number of fused-ring (bicyclic) bond motifs is 7. The van der Waals surface area contributed by atoms with Crippen LogP contribution in [0.2, 0.25) is 0 Å². The van der Waals surface area contributed by atoms with Gasteiger partial charge in [0.1, 0.15) is 0 Å². The first kappa shape index (κ1) is 14.5. The summed E-state index contributed by atoms with van der Waals surface area (Å²) in [5.41, 5.74) is 3.69. The van der Waals surface area contributed by atoms with Gasteiger partial charge in [0.2, 0.25) is 6.79 Å². The summed E-state index contributed by atoms with van der Waals surface area (Å²) in [6.07, 6.45) is 1.85. The molecule has 6 rings (SSSR count). The Kier molecular flexibility index (Phi) is 2.91. The van der Waals surface area contributed by atoms with Gasteiger partial charge in [0, 0.05) is 16.3 Å². The molecule has 27 heavy (non-hydrogen) atoms. The molecule has 5 aromatic rings. The third kappa shape index (κ3) is 2.10. The maximum absolute atomic E-state index is 5.61. The fraction of sp³-hybridized carbons (Fsp3) is 0.0435. The van der Waals surface area contributed by atoms with Gasteiger partial charge in [-0.1, -0.05) is 54.6 Å². The standard InChI is InChI=1S/C23H14N2O2/c1-2-6-14(7-3-1)19-12-24-22-16-9-5-4-8-15(16)17-10-20-21(27-13-26-20)11-18(17)23(22)25-19/h1-12H,13H2. The zero-order chi connectivity index (χ0) is 17.8. The minimum atomic E-state index is 0.252. The van der Waals surface area contributed by atoms with E-state index in [0.29, 0.717) is 0 Å². The minimum Gasteiger partial charge on any atom is -0.454 e. The Bertz CT molecular complexity index is 1350. The molecule has 0 fully saturated rings. The Morgan fingerprint density at radius 3 is 2.19 bits per heavy atom. The Morgan fingerprint density at radius 1 is 0.667 bits per heavy atom. The van der Waals surface area contributed by atoms with Crippen LogP contribution >= 0.6 is 0 Å². The molecule has 0 unspecified atom stereocenters. The van der Waals surface area contributed by atoms with Gasteiger partial charge >= 0.3 is 0 Å². The van der Waals surface area contributed by atoms with Crippen molar-refractivity contribution in [3.8, 4) is 22.8 Å². The molecule has 0 atom stereocenters. The van der Waals surface area contributed by atoms with Crippen molar-refractivity contribution in [2.24, 2.45) is 0 Å². The quantitative estimate of drug-likeness (QED) is 0.383. The number of aromatic nitrogens is 2. The second-order valence-corrected chi connectivity index (χ2v) is 6.62. The van der Waals surface area contributed by atoms with Gasteiger partial charge in [-0.05, 0) is 22.9 Å². The van der Waals surface area contributed by atoms with Crippen molar-refractivity contribution >= 4 is 32.6 Å². The third-order valence-electron chi connectivity index (χ3n) is 5.08. The number of ether oxygens (including phenoxy) is 2. The summed E-state index contributed by atoms with van der Waals surface area (Å²) >= 11 is 0. The van der Waals surface area contributed by atoms with Gasteiger partial charge in [-0.25, -0.2) is 4.98 Å². The van der Waals surface area contributed by atoms with E-state index in [-0.39, 0.29) is 6.79 Å².